The molecule has 4 aromatic rings. The number of nitrogens with one attached hydrogen (secondary N) is 1. The van der Waals surface area contributed by atoms with Crippen LogP contribution in [0.2, 0.25) is 5.02 Å². The summed E-state index contributed by atoms with van der Waals surface area (Å²) in [6, 6.07) is 3.94. The summed E-state index contributed by atoms with van der Waals surface area (Å²) in [6.07, 6.45) is 5.62. The van der Waals surface area contributed by atoms with Crippen LogP contribution in [0.4, 0.5) is 5.95 Å². The number of hydrogen-bond acceptors (Lipinski definition) is 6. The highest BCUT2D eigenvalue weighted by Gasteiger charge is 2.44. The van der Waals surface area contributed by atoms with E-state index in [1.54, 1.807) is 11.6 Å². The maximum atomic E-state index is 13.6. The molecule has 34 heavy (non-hydrogen) atoms. The molecule has 5 heterocycles. The average Bonchev–Trinajstić information content (AvgIpc) is 3.55. The van der Waals surface area contributed by atoms with Gasteiger partial charge in [0.2, 0.25) is 5.95 Å². The van der Waals surface area contributed by atoms with Gasteiger partial charge in [-0.15, -0.1) is 0 Å². The molecule has 2 saturated heterocycles. The number of benzene rings is 1. The molecule has 2 aliphatic heterocycles. The lowest BCUT2D eigenvalue weighted by Crippen LogP contribution is -2.50. The fraction of sp³-hybridized carbons (Fsp3) is 0.458. The zero-order valence-electron chi connectivity index (χ0n) is 19.3. The number of aryl methyl sites for hydroxylation is 1. The molecular weight excluding hydrogens is 454 g/mol. The number of fused-ring (bicyclic) bond motifs is 2. The van der Waals surface area contributed by atoms with Crippen LogP contribution in [0.3, 0.4) is 0 Å². The summed E-state index contributed by atoms with van der Waals surface area (Å²) < 4.78 is 9.15. The lowest BCUT2D eigenvalue weighted by molar-refractivity contribution is 0.131. The largest absolute Gasteiger partial charge is 0.379 e. The van der Waals surface area contributed by atoms with Gasteiger partial charge in [-0.1, -0.05) is 17.7 Å². The van der Waals surface area contributed by atoms with Crippen molar-refractivity contribution in [2.75, 3.05) is 31.2 Å². The minimum absolute atomic E-state index is 0.0417. The van der Waals surface area contributed by atoms with Gasteiger partial charge in [0.05, 0.1) is 29.1 Å². The normalized spacial score (nSPS) is 20.2. The van der Waals surface area contributed by atoms with Gasteiger partial charge in [0.15, 0.2) is 0 Å². The molecule has 0 bridgehead atoms. The smallest absolute Gasteiger partial charge is 0.264 e. The summed E-state index contributed by atoms with van der Waals surface area (Å²) in [5, 5.41) is 6.52. The summed E-state index contributed by atoms with van der Waals surface area (Å²) in [6.45, 7) is 5.72. The van der Waals surface area contributed by atoms with E-state index in [9.17, 15) is 4.79 Å². The van der Waals surface area contributed by atoms with Gasteiger partial charge in [0.1, 0.15) is 5.65 Å². The predicted octanol–water partition coefficient (Wildman–Crippen LogP) is 2.90. The van der Waals surface area contributed by atoms with Gasteiger partial charge in [0.25, 0.3) is 5.56 Å². The fourth-order valence-electron chi connectivity index (χ4n) is 5.47. The highest BCUT2D eigenvalue weighted by atomic mass is 35.5. The minimum atomic E-state index is -0.0992. The Morgan fingerprint density at radius 3 is 2.79 bits per heavy atom. The van der Waals surface area contributed by atoms with Crippen LogP contribution in [0.15, 0.2) is 29.3 Å². The molecule has 1 unspecified atom stereocenters. The molecule has 6 rings (SSSR count). The van der Waals surface area contributed by atoms with Crippen LogP contribution in [-0.2, 0) is 18.3 Å². The number of aromatic nitrogens is 5. The van der Waals surface area contributed by atoms with Crippen LogP contribution in [-0.4, -0.2) is 56.7 Å². The molecular formula is C24H28ClN7O2. The number of nitrogens with zero attached hydrogens (tertiary/aromatic N) is 5. The van der Waals surface area contributed by atoms with Crippen molar-refractivity contribution in [3.8, 4) is 11.1 Å². The predicted molar refractivity (Wildman–Crippen MR) is 133 cm³/mol. The quantitative estimate of drug-likeness (QED) is 0.466. The Balaban J connectivity index is 1.39. The standard InChI is InChI=1S/C24H28ClN7O2/c1-3-32-11-16-17(29-32)5-4-14(20(16)25)15-10-27-21-19(15)22(33)30(2)23(28-21)31-8-6-24(7-9-31)13-34-12-18(24)26/h4-5,10-11,18,27H,3,6-9,12-13,26H2,1-2H3. The molecule has 9 nitrogen and oxygen atoms in total. The zero-order chi connectivity index (χ0) is 23.6. The van der Waals surface area contributed by atoms with Crippen molar-refractivity contribution in [3.05, 3.63) is 39.9 Å². The molecule has 0 saturated carbocycles. The summed E-state index contributed by atoms with van der Waals surface area (Å²) >= 11 is 6.79. The maximum absolute atomic E-state index is 13.6. The monoisotopic (exact) mass is 481 g/mol. The molecule has 3 aromatic heterocycles. The van der Waals surface area contributed by atoms with E-state index in [0.29, 0.717) is 28.6 Å². The second kappa shape index (κ2) is 7.83. The van der Waals surface area contributed by atoms with Crippen molar-refractivity contribution in [1.29, 1.82) is 0 Å². The van der Waals surface area contributed by atoms with Gasteiger partial charge in [-0.3, -0.25) is 14.0 Å². The van der Waals surface area contributed by atoms with E-state index < -0.39 is 0 Å². The van der Waals surface area contributed by atoms with Crippen molar-refractivity contribution >= 4 is 39.5 Å². The first-order valence-corrected chi connectivity index (χ1v) is 12.1. The van der Waals surface area contributed by atoms with Gasteiger partial charge >= 0.3 is 0 Å². The Hall–Kier alpha value is -2.88. The van der Waals surface area contributed by atoms with E-state index in [1.807, 2.05) is 36.1 Å². The highest BCUT2D eigenvalue weighted by molar-refractivity contribution is 6.38. The second-order valence-electron chi connectivity index (χ2n) is 9.52. The zero-order valence-corrected chi connectivity index (χ0v) is 20.1. The Kier molecular flexibility index (Phi) is 4.98. The van der Waals surface area contributed by atoms with Crippen molar-refractivity contribution in [2.24, 2.45) is 18.2 Å². The van der Waals surface area contributed by atoms with E-state index in [2.05, 4.69) is 15.0 Å². The highest BCUT2D eigenvalue weighted by Crippen LogP contribution is 2.40. The molecule has 3 N–H and O–H groups in total. The number of piperidine rings is 1. The summed E-state index contributed by atoms with van der Waals surface area (Å²) in [5.41, 5.74) is 9.21. The average molecular weight is 482 g/mol. The van der Waals surface area contributed by atoms with Gasteiger partial charge in [-0.25, -0.2) is 0 Å². The number of aromatic amines is 1. The summed E-state index contributed by atoms with van der Waals surface area (Å²) in [7, 11) is 1.78. The Morgan fingerprint density at radius 1 is 1.29 bits per heavy atom. The molecule has 1 aromatic carbocycles. The SMILES string of the molecule is CCn1cc2c(Cl)c(-c3c[nH]c4nc(N5CCC6(CC5)COCC6N)n(C)c(=O)c34)ccc2n1. The van der Waals surface area contributed by atoms with Crippen LogP contribution in [0.25, 0.3) is 33.1 Å². The molecule has 178 valence electrons. The molecule has 0 aliphatic carbocycles. The number of H-pyrrole nitrogens is 1. The van der Waals surface area contributed by atoms with E-state index >= 15 is 0 Å². The molecule has 0 radical (unpaired) electrons. The Bertz CT molecular complexity index is 1460. The number of nitrogens with two attached hydrogens (primary N) is 1. The van der Waals surface area contributed by atoms with Crippen LogP contribution >= 0.6 is 11.6 Å². The third-order valence-corrected chi connectivity index (χ3v) is 8.10. The van der Waals surface area contributed by atoms with E-state index in [4.69, 9.17) is 27.1 Å². The number of ether oxygens (including phenoxy) is 1. The number of halogens is 1. The topological polar surface area (TPSA) is 107 Å². The first kappa shape index (κ1) is 21.6. The number of anilines is 1. The van der Waals surface area contributed by atoms with Crippen molar-refractivity contribution < 1.29 is 4.74 Å². The third kappa shape index (κ3) is 3.10. The Morgan fingerprint density at radius 2 is 2.09 bits per heavy atom. The summed E-state index contributed by atoms with van der Waals surface area (Å²) in [5.74, 6) is 0.666. The van der Waals surface area contributed by atoms with E-state index in [-0.39, 0.29) is 17.0 Å². The van der Waals surface area contributed by atoms with Gasteiger partial charge < -0.3 is 20.4 Å². The van der Waals surface area contributed by atoms with Crippen LogP contribution < -0.4 is 16.2 Å². The van der Waals surface area contributed by atoms with Gasteiger partial charge in [-0.05, 0) is 25.8 Å². The van der Waals surface area contributed by atoms with E-state index in [0.717, 1.165) is 61.1 Å². The third-order valence-electron chi connectivity index (χ3n) is 7.69. The number of hydrogen-bond donors (Lipinski definition) is 2. The lowest BCUT2D eigenvalue weighted by atomic mass is 9.75. The minimum Gasteiger partial charge on any atom is -0.379 e. The second-order valence-corrected chi connectivity index (χ2v) is 9.90. The van der Waals surface area contributed by atoms with Crippen LogP contribution in [0.1, 0.15) is 19.8 Å². The summed E-state index contributed by atoms with van der Waals surface area (Å²) in [4.78, 5) is 23.8. The van der Waals surface area contributed by atoms with Crippen molar-refractivity contribution in [2.45, 2.75) is 32.4 Å². The lowest BCUT2D eigenvalue weighted by Gasteiger charge is -2.41. The molecule has 10 heteroatoms. The molecule has 1 atom stereocenters. The Labute approximate surface area is 201 Å². The molecule has 0 amide bonds. The van der Waals surface area contributed by atoms with Crippen LogP contribution in [0.5, 0.6) is 0 Å². The fourth-order valence-corrected chi connectivity index (χ4v) is 5.78. The first-order chi connectivity index (χ1) is 16.4. The number of rotatable bonds is 3. The van der Waals surface area contributed by atoms with Crippen molar-refractivity contribution in [3.63, 3.8) is 0 Å². The van der Waals surface area contributed by atoms with Gasteiger partial charge in [-0.2, -0.15) is 10.1 Å². The molecule has 1 spiro atoms. The maximum Gasteiger partial charge on any atom is 0.264 e. The van der Waals surface area contributed by atoms with E-state index in [1.165, 1.54) is 0 Å². The first-order valence-electron chi connectivity index (χ1n) is 11.7. The molecule has 2 aliphatic rings. The molecule has 2 fully saturated rings. The van der Waals surface area contributed by atoms with Crippen molar-refractivity contribution in [1.82, 2.24) is 24.3 Å². The van der Waals surface area contributed by atoms with Crippen LogP contribution in [0, 0.1) is 5.41 Å². The van der Waals surface area contributed by atoms with Gasteiger partial charge in [0, 0.05) is 67.0 Å².